The van der Waals surface area contributed by atoms with Gasteiger partial charge in [-0.3, -0.25) is 0 Å². The van der Waals surface area contributed by atoms with Crippen molar-refractivity contribution in [1.82, 2.24) is 4.98 Å². The van der Waals surface area contributed by atoms with Crippen molar-refractivity contribution in [2.24, 2.45) is 0 Å². The zero-order chi connectivity index (χ0) is 13.3. The van der Waals surface area contributed by atoms with E-state index < -0.39 is 5.97 Å². The Labute approximate surface area is 105 Å². The van der Waals surface area contributed by atoms with Crippen LogP contribution >= 0.6 is 0 Å². The fraction of sp³-hybridized carbons (Fsp3) is 0.231. The Morgan fingerprint density at radius 3 is 2.39 bits per heavy atom. The van der Waals surface area contributed by atoms with Crippen molar-refractivity contribution in [3.63, 3.8) is 0 Å². The topological polar surface area (TPSA) is 66.6 Å². The Balaban J connectivity index is 2.45. The number of nitrogens with zero attached hydrogens (tertiary/aromatic N) is 2. The Morgan fingerprint density at radius 1 is 1.28 bits per heavy atom. The summed E-state index contributed by atoms with van der Waals surface area (Å²) in [6.45, 7) is 1.63. The molecule has 0 atom stereocenters. The third kappa shape index (κ3) is 2.20. The summed E-state index contributed by atoms with van der Waals surface area (Å²) in [5, 5.41) is 9.04. The maximum atomic E-state index is 11.0. The number of hydrogen-bond acceptors (Lipinski definition) is 4. The van der Waals surface area contributed by atoms with Crippen molar-refractivity contribution in [1.29, 1.82) is 0 Å². The van der Waals surface area contributed by atoms with Crippen LogP contribution in [0.4, 0.5) is 5.69 Å². The van der Waals surface area contributed by atoms with Gasteiger partial charge >= 0.3 is 5.97 Å². The molecule has 0 aliphatic heterocycles. The first-order chi connectivity index (χ1) is 8.49. The second-order valence-corrected chi connectivity index (χ2v) is 4.16. The van der Waals surface area contributed by atoms with Gasteiger partial charge in [-0.15, -0.1) is 0 Å². The van der Waals surface area contributed by atoms with Gasteiger partial charge in [0.2, 0.25) is 5.76 Å². The lowest BCUT2D eigenvalue weighted by Crippen LogP contribution is -2.08. The van der Waals surface area contributed by atoms with Gasteiger partial charge in [0, 0.05) is 32.3 Å². The van der Waals surface area contributed by atoms with Gasteiger partial charge in [-0.1, -0.05) is 12.1 Å². The second kappa shape index (κ2) is 4.52. The lowest BCUT2D eigenvalue weighted by atomic mass is 10.1. The molecule has 0 aliphatic rings. The quantitative estimate of drug-likeness (QED) is 0.900. The molecule has 0 fully saturated rings. The molecule has 1 heterocycles. The van der Waals surface area contributed by atoms with Crippen molar-refractivity contribution in [2.75, 3.05) is 19.0 Å². The number of carboxylic acids is 1. The molecule has 0 bridgehead atoms. The summed E-state index contributed by atoms with van der Waals surface area (Å²) >= 11 is 0. The minimum Gasteiger partial charge on any atom is -0.475 e. The van der Waals surface area contributed by atoms with Crippen LogP contribution < -0.4 is 4.90 Å². The number of hydrogen-bond donors (Lipinski definition) is 1. The third-order valence-corrected chi connectivity index (χ3v) is 2.59. The zero-order valence-corrected chi connectivity index (χ0v) is 10.5. The summed E-state index contributed by atoms with van der Waals surface area (Å²) in [4.78, 5) is 17.1. The van der Waals surface area contributed by atoms with Gasteiger partial charge < -0.3 is 14.4 Å². The summed E-state index contributed by atoms with van der Waals surface area (Å²) in [7, 11) is 3.88. The van der Waals surface area contributed by atoms with Crippen molar-refractivity contribution in [3.8, 4) is 11.3 Å². The normalized spacial score (nSPS) is 10.4. The standard InChI is InChI=1S/C13H14N2O3/c1-8-14-11(12(18-8)13(16)17)9-4-6-10(7-5-9)15(2)3/h4-7H,1-3H3,(H,16,17). The highest BCUT2D eigenvalue weighted by Crippen LogP contribution is 2.25. The minimum atomic E-state index is -1.11. The van der Waals surface area contributed by atoms with Gasteiger partial charge in [-0.2, -0.15) is 0 Å². The van der Waals surface area contributed by atoms with Crippen molar-refractivity contribution < 1.29 is 14.3 Å². The number of rotatable bonds is 3. The number of aryl methyl sites for hydroxylation is 1. The number of aromatic carboxylic acids is 1. The van der Waals surface area contributed by atoms with Gasteiger partial charge in [0.05, 0.1) is 0 Å². The lowest BCUT2D eigenvalue weighted by Gasteiger charge is -2.12. The van der Waals surface area contributed by atoms with Gasteiger partial charge in [0.1, 0.15) is 5.69 Å². The first-order valence-corrected chi connectivity index (χ1v) is 5.47. The fourth-order valence-corrected chi connectivity index (χ4v) is 1.69. The van der Waals surface area contributed by atoms with Crippen LogP contribution in [0.5, 0.6) is 0 Å². The second-order valence-electron chi connectivity index (χ2n) is 4.16. The Bertz CT molecular complexity index is 570. The van der Waals surface area contributed by atoms with Crippen molar-refractivity contribution >= 4 is 11.7 Å². The monoisotopic (exact) mass is 246 g/mol. The number of aromatic nitrogens is 1. The molecular formula is C13H14N2O3. The highest BCUT2D eigenvalue weighted by Gasteiger charge is 2.19. The molecule has 2 aromatic rings. The minimum absolute atomic E-state index is 0.120. The van der Waals surface area contributed by atoms with Crippen LogP contribution in [0.1, 0.15) is 16.4 Å². The number of anilines is 1. The van der Waals surface area contributed by atoms with E-state index in [0.717, 1.165) is 11.3 Å². The Kier molecular flexibility index (Phi) is 3.06. The fourth-order valence-electron chi connectivity index (χ4n) is 1.69. The van der Waals surface area contributed by atoms with E-state index >= 15 is 0 Å². The predicted octanol–water partition coefficient (Wildman–Crippen LogP) is 2.41. The van der Waals surface area contributed by atoms with Crippen LogP contribution in [0.15, 0.2) is 28.7 Å². The summed E-state index contributed by atoms with van der Waals surface area (Å²) in [6, 6.07) is 7.48. The molecular weight excluding hydrogens is 232 g/mol. The van der Waals surface area contributed by atoms with Gasteiger partial charge in [0.25, 0.3) is 0 Å². The maximum Gasteiger partial charge on any atom is 0.374 e. The smallest absolute Gasteiger partial charge is 0.374 e. The number of carboxylic acid groups (broad SMARTS) is 1. The van der Waals surface area contributed by atoms with Gasteiger partial charge in [-0.05, 0) is 12.1 Å². The van der Waals surface area contributed by atoms with Crippen LogP contribution in [0.25, 0.3) is 11.3 Å². The van der Waals surface area contributed by atoms with Crippen LogP contribution in [-0.2, 0) is 0 Å². The van der Waals surface area contributed by atoms with E-state index in [1.165, 1.54) is 0 Å². The number of benzene rings is 1. The molecule has 0 saturated heterocycles. The molecule has 1 aromatic heterocycles. The summed E-state index contributed by atoms with van der Waals surface area (Å²) in [6.07, 6.45) is 0. The van der Waals surface area contributed by atoms with E-state index in [1.807, 2.05) is 43.3 Å². The third-order valence-electron chi connectivity index (χ3n) is 2.59. The zero-order valence-electron chi connectivity index (χ0n) is 10.5. The molecule has 5 nitrogen and oxygen atoms in total. The van der Waals surface area contributed by atoms with E-state index in [4.69, 9.17) is 9.52 Å². The average Bonchev–Trinajstić information content (AvgIpc) is 2.71. The first kappa shape index (κ1) is 12.2. The van der Waals surface area contributed by atoms with Crippen molar-refractivity contribution in [2.45, 2.75) is 6.92 Å². The van der Waals surface area contributed by atoms with E-state index in [-0.39, 0.29) is 5.76 Å². The molecule has 0 amide bonds. The molecule has 2 rings (SSSR count). The molecule has 18 heavy (non-hydrogen) atoms. The summed E-state index contributed by atoms with van der Waals surface area (Å²) in [5.74, 6) is -0.883. The van der Waals surface area contributed by atoms with E-state index in [0.29, 0.717) is 11.6 Å². The molecule has 5 heteroatoms. The number of oxazole rings is 1. The SMILES string of the molecule is Cc1nc(-c2ccc(N(C)C)cc2)c(C(=O)O)o1. The van der Waals surface area contributed by atoms with Crippen molar-refractivity contribution in [3.05, 3.63) is 35.9 Å². The molecule has 94 valence electrons. The van der Waals surface area contributed by atoms with Crippen LogP contribution in [0.2, 0.25) is 0 Å². The average molecular weight is 246 g/mol. The molecule has 0 radical (unpaired) electrons. The summed E-state index contributed by atoms with van der Waals surface area (Å²) in [5.41, 5.74) is 2.14. The Morgan fingerprint density at radius 2 is 1.89 bits per heavy atom. The van der Waals surface area contributed by atoms with Gasteiger partial charge in [0.15, 0.2) is 5.89 Å². The maximum absolute atomic E-state index is 11.0. The highest BCUT2D eigenvalue weighted by atomic mass is 16.4. The summed E-state index contributed by atoms with van der Waals surface area (Å²) < 4.78 is 5.09. The van der Waals surface area contributed by atoms with Gasteiger partial charge in [-0.25, -0.2) is 9.78 Å². The molecule has 0 saturated carbocycles. The van der Waals surface area contributed by atoms with Crippen LogP contribution in [0, 0.1) is 6.92 Å². The van der Waals surface area contributed by atoms with E-state index in [9.17, 15) is 4.79 Å². The van der Waals surface area contributed by atoms with Crippen LogP contribution in [-0.4, -0.2) is 30.2 Å². The Hall–Kier alpha value is -2.30. The van der Waals surface area contributed by atoms with E-state index in [2.05, 4.69) is 4.98 Å². The molecule has 0 unspecified atom stereocenters. The lowest BCUT2D eigenvalue weighted by molar-refractivity contribution is 0.0662. The molecule has 1 N–H and O–H groups in total. The largest absolute Gasteiger partial charge is 0.475 e. The molecule has 1 aromatic carbocycles. The highest BCUT2D eigenvalue weighted by molar-refractivity contribution is 5.91. The first-order valence-electron chi connectivity index (χ1n) is 5.47. The molecule has 0 spiro atoms. The molecule has 0 aliphatic carbocycles. The number of carbonyl (C=O) groups is 1. The predicted molar refractivity (Wildman–Crippen MR) is 68.0 cm³/mol. The van der Waals surface area contributed by atoms with E-state index in [1.54, 1.807) is 6.92 Å². The van der Waals surface area contributed by atoms with Crippen LogP contribution in [0.3, 0.4) is 0 Å².